The van der Waals surface area contributed by atoms with Gasteiger partial charge in [-0.2, -0.15) is 0 Å². The van der Waals surface area contributed by atoms with Gasteiger partial charge in [-0.05, 0) is 31.2 Å². The van der Waals surface area contributed by atoms with Crippen LogP contribution in [0, 0.1) is 12.7 Å². The Hall–Kier alpha value is -1.68. The van der Waals surface area contributed by atoms with Crippen molar-refractivity contribution in [2.24, 2.45) is 5.73 Å². The summed E-state index contributed by atoms with van der Waals surface area (Å²) in [6.07, 6.45) is 1.47. The number of halogens is 1. The van der Waals surface area contributed by atoms with Gasteiger partial charge < -0.3 is 10.7 Å². The lowest BCUT2D eigenvalue weighted by Crippen LogP contribution is -2.04. The molecular weight excluding hydrogens is 217 g/mol. The highest BCUT2D eigenvalue weighted by Crippen LogP contribution is 2.12. The summed E-state index contributed by atoms with van der Waals surface area (Å²) in [4.78, 5) is 7.70. The summed E-state index contributed by atoms with van der Waals surface area (Å²) in [6.45, 7) is 2.58. The third-order valence-electron chi connectivity index (χ3n) is 2.70. The summed E-state index contributed by atoms with van der Waals surface area (Å²) in [7, 11) is 0. The van der Waals surface area contributed by atoms with Crippen molar-refractivity contribution in [2.75, 3.05) is 6.54 Å². The number of nitrogens with two attached hydrogens (primary N) is 1. The van der Waals surface area contributed by atoms with Gasteiger partial charge in [0, 0.05) is 18.5 Å². The molecule has 0 bridgehead atoms. The minimum absolute atomic E-state index is 0.212. The standard InChI is InChI=1S/C13H16FN3/c1-9-12(17-13(16-9)6-7-15)8-10-2-4-11(14)5-3-10/h2-5H,6-8,15H2,1H3,(H,16,17). The van der Waals surface area contributed by atoms with E-state index in [-0.39, 0.29) is 5.82 Å². The Morgan fingerprint density at radius 2 is 2.00 bits per heavy atom. The third-order valence-corrected chi connectivity index (χ3v) is 2.70. The highest BCUT2D eigenvalue weighted by Gasteiger charge is 2.07. The SMILES string of the molecule is Cc1[nH]c(CCN)nc1Cc1ccc(F)cc1. The van der Waals surface area contributed by atoms with Crippen molar-refractivity contribution in [1.82, 2.24) is 9.97 Å². The van der Waals surface area contributed by atoms with Gasteiger partial charge >= 0.3 is 0 Å². The van der Waals surface area contributed by atoms with Crippen LogP contribution in [0.4, 0.5) is 4.39 Å². The number of imidazole rings is 1. The van der Waals surface area contributed by atoms with E-state index in [1.807, 2.05) is 6.92 Å². The van der Waals surface area contributed by atoms with Gasteiger partial charge in [-0.1, -0.05) is 12.1 Å². The molecule has 4 heteroatoms. The largest absolute Gasteiger partial charge is 0.346 e. The predicted octanol–water partition coefficient (Wildman–Crippen LogP) is 1.95. The molecule has 3 N–H and O–H groups in total. The van der Waals surface area contributed by atoms with Crippen molar-refractivity contribution in [3.8, 4) is 0 Å². The first-order valence-electron chi connectivity index (χ1n) is 5.68. The van der Waals surface area contributed by atoms with E-state index < -0.39 is 0 Å². The Kier molecular flexibility index (Phi) is 3.54. The Balaban J connectivity index is 2.15. The zero-order chi connectivity index (χ0) is 12.3. The fraction of sp³-hybridized carbons (Fsp3) is 0.308. The van der Waals surface area contributed by atoms with E-state index in [2.05, 4.69) is 9.97 Å². The van der Waals surface area contributed by atoms with E-state index in [4.69, 9.17) is 5.73 Å². The van der Waals surface area contributed by atoms with E-state index in [1.165, 1.54) is 12.1 Å². The second kappa shape index (κ2) is 5.10. The summed E-state index contributed by atoms with van der Waals surface area (Å²) in [5.74, 6) is 0.707. The van der Waals surface area contributed by atoms with Crippen LogP contribution in [0.25, 0.3) is 0 Å². The van der Waals surface area contributed by atoms with Crippen LogP contribution < -0.4 is 5.73 Å². The van der Waals surface area contributed by atoms with E-state index >= 15 is 0 Å². The maximum Gasteiger partial charge on any atom is 0.123 e. The molecule has 90 valence electrons. The van der Waals surface area contributed by atoms with Crippen molar-refractivity contribution < 1.29 is 4.39 Å². The predicted molar refractivity (Wildman–Crippen MR) is 65.3 cm³/mol. The Morgan fingerprint density at radius 1 is 1.29 bits per heavy atom. The zero-order valence-corrected chi connectivity index (χ0v) is 9.83. The van der Waals surface area contributed by atoms with E-state index in [0.29, 0.717) is 13.0 Å². The monoisotopic (exact) mass is 233 g/mol. The average Bonchev–Trinajstić information content (AvgIpc) is 2.63. The number of hydrogen-bond acceptors (Lipinski definition) is 2. The van der Waals surface area contributed by atoms with Crippen LogP contribution in [0.5, 0.6) is 0 Å². The first-order valence-corrected chi connectivity index (χ1v) is 5.68. The molecular formula is C13H16FN3. The summed E-state index contributed by atoms with van der Waals surface area (Å²) < 4.78 is 12.8. The molecule has 0 aliphatic carbocycles. The molecule has 1 aromatic carbocycles. The maximum absolute atomic E-state index is 12.8. The zero-order valence-electron chi connectivity index (χ0n) is 9.83. The lowest BCUT2D eigenvalue weighted by atomic mass is 10.1. The number of benzene rings is 1. The Bertz CT molecular complexity index is 488. The summed E-state index contributed by atoms with van der Waals surface area (Å²) in [6, 6.07) is 6.51. The van der Waals surface area contributed by atoms with E-state index in [1.54, 1.807) is 12.1 Å². The van der Waals surface area contributed by atoms with Gasteiger partial charge in [0.2, 0.25) is 0 Å². The minimum Gasteiger partial charge on any atom is -0.346 e. The summed E-state index contributed by atoms with van der Waals surface area (Å²) >= 11 is 0. The van der Waals surface area contributed by atoms with E-state index in [9.17, 15) is 4.39 Å². The van der Waals surface area contributed by atoms with E-state index in [0.717, 1.165) is 29.2 Å². The molecule has 0 aliphatic rings. The van der Waals surface area contributed by atoms with Gasteiger partial charge in [-0.15, -0.1) is 0 Å². The van der Waals surface area contributed by atoms with Crippen LogP contribution in [-0.2, 0) is 12.8 Å². The molecule has 3 nitrogen and oxygen atoms in total. The molecule has 17 heavy (non-hydrogen) atoms. The van der Waals surface area contributed by atoms with Crippen LogP contribution in [0.3, 0.4) is 0 Å². The highest BCUT2D eigenvalue weighted by molar-refractivity contribution is 5.25. The number of rotatable bonds is 4. The van der Waals surface area contributed by atoms with Crippen LogP contribution in [0.1, 0.15) is 22.8 Å². The minimum atomic E-state index is -0.212. The first kappa shape index (κ1) is 11.8. The molecule has 0 saturated carbocycles. The number of hydrogen-bond donors (Lipinski definition) is 2. The molecule has 2 rings (SSSR count). The summed E-state index contributed by atoms with van der Waals surface area (Å²) in [5.41, 5.74) is 8.60. The van der Waals surface area contributed by atoms with Crippen LogP contribution in [0.2, 0.25) is 0 Å². The number of aryl methyl sites for hydroxylation is 1. The number of H-pyrrole nitrogens is 1. The number of nitrogens with one attached hydrogen (secondary N) is 1. The number of nitrogens with zero attached hydrogens (tertiary/aromatic N) is 1. The van der Waals surface area contributed by atoms with Crippen LogP contribution in [-0.4, -0.2) is 16.5 Å². The molecule has 0 fully saturated rings. The van der Waals surface area contributed by atoms with Gasteiger partial charge in [0.05, 0.1) is 5.69 Å². The molecule has 0 saturated heterocycles. The molecule has 2 aromatic rings. The van der Waals surface area contributed by atoms with Crippen molar-refractivity contribution >= 4 is 0 Å². The smallest absolute Gasteiger partial charge is 0.123 e. The van der Waals surface area contributed by atoms with Gasteiger partial charge in [0.1, 0.15) is 11.6 Å². The molecule has 1 aromatic heterocycles. The quantitative estimate of drug-likeness (QED) is 0.848. The fourth-order valence-corrected chi connectivity index (χ4v) is 1.79. The molecule has 1 heterocycles. The molecule has 0 aliphatic heterocycles. The van der Waals surface area contributed by atoms with Crippen molar-refractivity contribution in [3.05, 3.63) is 52.9 Å². The van der Waals surface area contributed by atoms with Gasteiger partial charge in [0.25, 0.3) is 0 Å². The molecule has 0 radical (unpaired) electrons. The van der Waals surface area contributed by atoms with Crippen molar-refractivity contribution in [3.63, 3.8) is 0 Å². The average molecular weight is 233 g/mol. The van der Waals surface area contributed by atoms with Gasteiger partial charge in [0.15, 0.2) is 0 Å². The first-order chi connectivity index (χ1) is 8.19. The van der Waals surface area contributed by atoms with Gasteiger partial charge in [-0.3, -0.25) is 0 Å². The van der Waals surface area contributed by atoms with Crippen LogP contribution >= 0.6 is 0 Å². The molecule has 0 amide bonds. The third kappa shape index (κ3) is 2.91. The Morgan fingerprint density at radius 3 is 2.65 bits per heavy atom. The lowest BCUT2D eigenvalue weighted by molar-refractivity contribution is 0.627. The second-order valence-corrected chi connectivity index (χ2v) is 4.10. The van der Waals surface area contributed by atoms with Crippen molar-refractivity contribution in [2.45, 2.75) is 19.8 Å². The molecule has 0 atom stereocenters. The van der Waals surface area contributed by atoms with Gasteiger partial charge in [-0.25, -0.2) is 9.37 Å². The normalized spacial score (nSPS) is 10.8. The molecule has 0 spiro atoms. The fourth-order valence-electron chi connectivity index (χ4n) is 1.79. The molecule has 0 unspecified atom stereocenters. The van der Waals surface area contributed by atoms with Crippen molar-refractivity contribution in [1.29, 1.82) is 0 Å². The number of aromatic amines is 1. The van der Waals surface area contributed by atoms with Crippen LogP contribution in [0.15, 0.2) is 24.3 Å². The second-order valence-electron chi connectivity index (χ2n) is 4.10. The highest BCUT2D eigenvalue weighted by atomic mass is 19.1. The summed E-state index contributed by atoms with van der Waals surface area (Å²) in [5, 5.41) is 0. The number of aromatic nitrogens is 2. The maximum atomic E-state index is 12.8. The lowest BCUT2D eigenvalue weighted by Gasteiger charge is -1.99. The topological polar surface area (TPSA) is 54.7 Å². The Labute approximate surface area is 99.9 Å².